The van der Waals surface area contributed by atoms with Crippen molar-refractivity contribution in [3.8, 4) is 0 Å². The Morgan fingerprint density at radius 3 is 2.31 bits per heavy atom. The Morgan fingerprint density at radius 2 is 1.81 bits per heavy atom. The summed E-state index contributed by atoms with van der Waals surface area (Å²) in [7, 11) is 0. The lowest BCUT2D eigenvalue weighted by Gasteiger charge is -2.20. The summed E-state index contributed by atoms with van der Waals surface area (Å²) < 4.78 is 6.08. The minimum Gasteiger partial charge on any atom is -0.393 e. The first-order chi connectivity index (χ1) is 7.70. The van der Waals surface area contributed by atoms with E-state index in [2.05, 4.69) is 0 Å². The third-order valence-electron chi connectivity index (χ3n) is 3.93. The third kappa shape index (κ3) is 3.70. The molecule has 0 radical (unpaired) electrons. The van der Waals surface area contributed by atoms with Crippen molar-refractivity contribution in [3.05, 3.63) is 0 Å². The number of thiocarbonyl (C=S) groups is 1. The van der Waals surface area contributed by atoms with Crippen LogP contribution in [-0.4, -0.2) is 17.7 Å². The van der Waals surface area contributed by atoms with Gasteiger partial charge in [-0.2, -0.15) is 0 Å². The highest BCUT2D eigenvalue weighted by molar-refractivity contribution is 7.80. The molecule has 0 heterocycles. The highest BCUT2D eigenvalue weighted by Crippen LogP contribution is 2.49. The third-order valence-corrected chi connectivity index (χ3v) is 4.08. The Kier molecular flexibility index (Phi) is 4.20. The summed E-state index contributed by atoms with van der Waals surface area (Å²) in [6.07, 6.45) is 11.8. The second-order valence-electron chi connectivity index (χ2n) is 5.57. The number of hydrogen-bond donors (Lipinski definition) is 1. The first kappa shape index (κ1) is 12.3. The summed E-state index contributed by atoms with van der Waals surface area (Å²) in [6.45, 7) is 0.884. The molecule has 2 N–H and O–H groups in total. The Balaban J connectivity index is 1.71. The average Bonchev–Trinajstić information content (AvgIpc) is 2.99. The zero-order valence-electron chi connectivity index (χ0n) is 10.0. The van der Waals surface area contributed by atoms with Gasteiger partial charge in [0.15, 0.2) is 0 Å². The SMILES string of the molecule is NC(=S)CC1(COC2CCCCCC2)CC1. The van der Waals surface area contributed by atoms with E-state index >= 15 is 0 Å². The fraction of sp³-hybridized carbons (Fsp3) is 0.923. The highest BCUT2D eigenvalue weighted by atomic mass is 32.1. The maximum Gasteiger partial charge on any atom is 0.0733 e. The quantitative estimate of drug-likeness (QED) is 0.593. The molecule has 2 saturated carbocycles. The number of nitrogens with two attached hydrogens (primary N) is 1. The molecular formula is C13H23NOS. The number of hydrogen-bond acceptors (Lipinski definition) is 2. The van der Waals surface area contributed by atoms with Crippen molar-refractivity contribution < 1.29 is 4.74 Å². The highest BCUT2D eigenvalue weighted by Gasteiger charge is 2.43. The molecule has 0 aromatic rings. The first-order valence-corrected chi connectivity index (χ1v) is 7.01. The molecule has 0 spiro atoms. The predicted octanol–water partition coefficient (Wildman–Crippen LogP) is 3.18. The Labute approximate surface area is 104 Å². The summed E-state index contributed by atoms with van der Waals surface area (Å²) >= 11 is 5.00. The summed E-state index contributed by atoms with van der Waals surface area (Å²) in [4.78, 5) is 0.655. The van der Waals surface area contributed by atoms with E-state index in [0.29, 0.717) is 16.5 Å². The lowest BCUT2D eigenvalue weighted by Crippen LogP contribution is -2.23. The van der Waals surface area contributed by atoms with Crippen molar-refractivity contribution in [2.75, 3.05) is 6.61 Å². The smallest absolute Gasteiger partial charge is 0.0733 e. The van der Waals surface area contributed by atoms with Crippen LogP contribution >= 0.6 is 12.2 Å². The standard InChI is InChI=1S/C13H23NOS/c14-12(16)9-13(7-8-13)10-15-11-5-3-1-2-4-6-11/h11H,1-10H2,(H2,14,16). The van der Waals surface area contributed by atoms with Crippen LogP contribution in [0.3, 0.4) is 0 Å². The van der Waals surface area contributed by atoms with Crippen LogP contribution in [0.1, 0.15) is 57.8 Å². The summed E-state index contributed by atoms with van der Waals surface area (Å²) in [5.41, 5.74) is 5.96. The van der Waals surface area contributed by atoms with Crippen LogP contribution in [0.5, 0.6) is 0 Å². The van der Waals surface area contributed by atoms with Crippen LogP contribution in [-0.2, 0) is 4.74 Å². The Hall–Kier alpha value is -0.150. The van der Waals surface area contributed by atoms with Gasteiger partial charge in [0.2, 0.25) is 0 Å². The van der Waals surface area contributed by atoms with E-state index in [0.717, 1.165) is 13.0 Å². The van der Waals surface area contributed by atoms with Crippen LogP contribution in [0.4, 0.5) is 0 Å². The van der Waals surface area contributed by atoms with Crippen LogP contribution in [0.25, 0.3) is 0 Å². The van der Waals surface area contributed by atoms with Gasteiger partial charge in [-0.25, -0.2) is 0 Å². The normalized spacial score (nSPS) is 25.0. The summed E-state index contributed by atoms with van der Waals surface area (Å²) in [5.74, 6) is 0. The van der Waals surface area contributed by atoms with Gasteiger partial charge >= 0.3 is 0 Å². The van der Waals surface area contributed by atoms with Crippen LogP contribution < -0.4 is 5.73 Å². The van der Waals surface area contributed by atoms with Crippen molar-refractivity contribution in [1.82, 2.24) is 0 Å². The first-order valence-electron chi connectivity index (χ1n) is 6.60. The number of ether oxygens (including phenoxy) is 1. The van der Waals surface area contributed by atoms with Gasteiger partial charge in [0.05, 0.1) is 17.7 Å². The minimum atomic E-state index is 0.331. The largest absolute Gasteiger partial charge is 0.393 e. The van der Waals surface area contributed by atoms with E-state index in [1.165, 1.54) is 51.4 Å². The van der Waals surface area contributed by atoms with E-state index in [-0.39, 0.29) is 0 Å². The maximum absolute atomic E-state index is 6.08. The molecule has 16 heavy (non-hydrogen) atoms. The molecule has 92 valence electrons. The molecule has 0 saturated heterocycles. The molecule has 0 bridgehead atoms. The number of rotatable bonds is 5. The molecule has 2 fully saturated rings. The van der Waals surface area contributed by atoms with Crippen LogP contribution in [0, 0.1) is 5.41 Å². The summed E-state index contributed by atoms with van der Waals surface area (Å²) in [5, 5.41) is 0. The monoisotopic (exact) mass is 241 g/mol. The maximum atomic E-state index is 6.08. The van der Waals surface area contributed by atoms with Crippen LogP contribution in [0.15, 0.2) is 0 Å². The van der Waals surface area contributed by atoms with Gasteiger partial charge in [0, 0.05) is 11.8 Å². The van der Waals surface area contributed by atoms with Crippen molar-refractivity contribution in [2.45, 2.75) is 63.9 Å². The van der Waals surface area contributed by atoms with Gasteiger partial charge in [-0.15, -0.1) is 0 Å². The van der Waals surface area contributed by atoms with E-state index in [1.54, 1.807) is 0 Å². The predicted molar refractivity (Wildman–Crippen MR) is 70.5 cm³/mol. The van der Waals surface area contributed by atoms with Gasteiger partial charge < -0.3 is 10.5 Å². The molecule has 0 aromatic heterocycles. The van der Waals surface area contributed by atoms with E-state index in [4.69, 9.17) is 22.7 Å². The fourth-order valence-electron chi connectivity index (χ4n) is 2.62. The Morgan fingerprint density at radius 1 is 1.19 bits per heavy atom. The molecule has 0 amide bonds. The van der Waals surface area contributed by atoms with Crippen molar-refractivity contribution in [2.24, 2.45) is 11.1 Å². The lowest BCUT2D eigenvalue weighted by atomic mass is 10.0. The van der Waals surface area contributed by atoms with Crippen molar-refractivity contribution in [1.29, 1.82) is 0 Å². The van der Waals surface area contributed by atoms with Gasteiger partial charge in [-0.3, -0.25) is 0 Å². The average molecular weight is 241 g/mol. The summed E-state index contributed by atoms with van der Waals surface area (Å²) in [6, 6.07) is 0. The molecule has 2 aliphatic rings. The molecule has 0 unspecified atom stereocenters. The van der Waals surface area contributed by atoms with E-state index in [1.807, 2.05) is 0 Å². The second-order valence-corrected chi connectivity index (χ2v) is 6.09. The molecule has 2 aliphatic carbocycles. The molecule has 2 rings (SSSR count). The van der Waals surface area contributed by atoms with Gasteiger partial charge in [-0.1, -0.05) is 37.9 Å². The molecular weight excluding hydrogens is 218 g/mol. The van der Waals surface area contributed by atoms with E-state index in [9.17, 15) is 0 Å². The molecule has 2 nitrogen and oxygen atoms in total. The van der Waals surface area contributed by atoms with Crippen molar-refractivity contribution in [3.63, 3.8) is 0 Å². The topological polar surface area (TPSA) is 35.2 Å². The second kappa shape index (κ2) is 5.46. The molecule has 0 atom stereocenters. The van der Waals surface area contributed by atoms with E-state index < -0.39 is 0 Å². The molecule has 0 aromatic carbocycles. The minimum absolute atomic E-state index is 0.331. The lowest BCUT2D eigenvalue weighted by molar-refractivity contribution is 0.0154. The fourth-order valence-corrected chi connectivity index (χ4v) is 2.93. The zero-order valence-corrected chi connectivity index (χ0v) is 10.9. The van der Waals surface area contributed by atoms with Gasteiger partial charge in [0.1, 0.15) is 0 Å². The van der Waals surface area contributed by atoms with Crippen LogP contribution in [0.2, 0.25) is 0 Å². The van der Waals surface area contributed by atoms with Gasteiger partial charge in [-0.05, 0) is 25.7 Å². The molecule has 3 heteroatoms. The van der Waals surface area contributed by atoms with Crippen molar-refractivity contribution >= 4 is 17.2 Å². The van der Waals surface area contributed by atoms with Gasteiger partial charge in [0.25, 0.3) is 0 Å². The molecule has 0 aliphatic heterocycles. The Bertz CT molecular complexity index is 242. The zero-order chi connectivity index (χ0) is 11.4.